The first-order valence-electron chi connectivity index (χ1n) is 9.26. The number of ether oxygens (including phenoxy) is 1. The molecule has 148 valence electrons. The third-order valence-electron chi connectivity index (χ3n) is 5.05. The lowest BCUT2D eigenvalue weighted by atomic mass is 10.1. The van der Waals surface area contributed by atoms with Crippen LogP contribution in [-0.2, 0) is 16.1 Å². The van der Waals surface area contributed by atoms with Crippen molar-refractivity contribution in [3.63, 3.8) is 0 Å². The summed E-state index contributed by atoms with van der Waals surface area (Å²) in [7, 11) is 0. The molecule has 2 aliphatic rings. The minimum atomic E-state index is -0.756. The van der Waals surface area contributed by atoms with E-state index in [0.29, 0.717) is 24.6 Å². The van der Waals surface area contributed by atoms with Gasteiger partial charge in [-0.15, -0.1) is 11.8 Å². The van der Waals surface area contributed by atoms with Gasteiger partial charge in [0, 0.05) is 18.9 Å². The fourth-order valence-corrected chi connectivity index (χ4v) is 4.83. The van der Waals surface area contributed by atoms with Gasteiger partial charge in [0.1, 0.15) is 12.6 Å². The minimum Gasteiger partial charge on any atom is -0.445 e. The van der Waals surface area contributed by atoms with Crippen molar-refractivity contribution in [2.24, 2.45) is 0 Å². The Hall–Kier alpha value is -1.77. The van der Waals surface area contributed by atoms with Gasteiger partial charge in [-0.1, -0.05) is 30.3 Å². The smallest absolute Gasteiger partial charge is 0.410 e. The van der Waals surface area contributed by atoms with Gasteiger partial charge in [0.15, 0.2) is 0 Å². The van der Waals surface area contributed by atoms with Gasteiger partial charge in [-0.3, -0.25) is 9.69 Å². The van der Waals surface area contributed by atoms with Crippen molar-refractivity contribution >= 4 is 23.8 Å². The highest BCUT2D eigenvalue weighted by atomic mass is 32.2. The van der Waals surface area contributed by atoms with Crippen molar-refractivity contribution in [3.8, 4) is 0 Å². The molecule has 0 bridgehead atoms. The van der Waals surface area contributed by atoms with Crippen LogP contribution in [0.1, 0.15) is 24.8 Å². The summed E-state index contributed by atoms with van der Waals surface area (Å²) < 4.78 is 5.40. The molecule has 3 atom stereocenters. The van der Waals surface area contributed by atoms with E-state index in [9.17, 15) is 14.7 Å². The van der Waals surface area contributed by atoms with Gasteiger partial charge >= 0.3 is 6.09 Å². The average molecular weight is 394 g/mol. The number of thioether (sulfide) groups is 1. The number of hydrogen-bond acceptors (Lipinski definition) is 6. The Kier molecular flexibility index (Phi) is 6.98. The van der Waals surface area contributed by atoms with Crippen LogP contribution < -0.4 is 0 Å². The van der Waals surface area contributed by atoms with Crippen LogP contribution in [0, 0.1) is 0 Å². The van der Waals surface area contributed by atoms with Crippen LogP contribution in [0.15, 0.2) is 30.3 Å². The molecule has 1 aromatic rings. The molecule has 7 nitrogen and oxygen atoms in total. The fourth-order valence-electron chi connectivity index (χ4n) is 3.56. The first-order valence-corrected chi connectivity index (χ1v) is 10.4. The second-order valence-corrected chi connectivity index (χ2v) is 7.85. The largest absolute Gasteiger partial charge is 0.445 e. The van der Waals surface area contributed by atoms with Gasteiger partial charge in [0.05, 0.1) is 18.0 Å². The van der Waals surface area contributed by atoms with E-state index in [1.54, 1.807) is 16.7 Å². The zero-order valence-electron chi connectivity index (χ0n) is 15.2. The number of amides is 2. The van der Waals surface area contributed by atoms with Gasteiger partial charge in [0.25, 0.3) is 0 Å². The van der Waals surface area contributed by atoms with Crippen molar-refractivity contribution in [1.29, 1.82) is 0 Å². The summed E-state index contributed by atoms with van der Waals surface area (Å²) in [6, 6.07) is 8.56. The molecule has 2 saturated heterocycles. The van der Waals surface area contributed by atoms with Gasteiger partial charge in [-0.25, -0.2) is 4.79 Å². The van der Waals surface area contributed by atoms with E-state index in [2.05, 4.69) is 0 Å². The molecule has 3 unspecified atom stereocenters. The maximum Gasteiger partial charge on any atom is 0.410 e. The van der Waals surface area contributed by atoms with E-state index >= 15 is 0 Å². The summed E-state index contributed by atoms with van der Waals surface area (Å²) in [6.45, 7) is 0.551. The molecule has 1 aromatic carbocycles. The van der Waals surface area contributed by atoms with E-state index in [4.69, 9.17) is 9.84 Å². The zero-order valence-corrected chi connectivity index (χ0v) is 16.0. The molecular formula is C19H26N2O5S. The Labute approximate surface area is 163 Å². The normalized spacial score (nSPS) is 23.5. The van der Waals surface area contributed by atoms with E-state index < -0.39 is 18.2 Å². The Morgan fingerprint density at radius 1 is 1.26 bits per heavy atom. The quantitative estimate of drug-likeness (QED) is 0.759. The van der Waals surface area contributed by atoms with Crippen molar-refractivity contribution in [3.05, 3.63) is 35.9 Å². The second-order valence-electron chi connectivity index (χ2n) is 6.85. The van der Waals surface area contributed by atoms with Gasteiger partial charge in [-0.05, 0) is 24.8 Å². The number of nitrogens with zero attached hydrogens (tertiary/aromatic N) is 2. The summed E-state index contributed by atoms with van der Waals surface area (Å²) in [6.07, 6.45) is 0.357. The summed E-state index contributed by atoms with van der Waals surface area (Å²) >= 11 is 1.58. The van der Waals surface area contributed by atoms with E-state index in [-0.39, 0.29) is 31.6 Å². The molecule has 2 N–H and O–H groups in total. The number of likely N-dealkylation sites (tertiary alicyclic amines) is 1. The molecule has 2 fully saturated rings. The van der Waals surface area contributed by atoms with Crippen molar-refractivity contribution in [1.82, 2.24) is 9.80 Å². The number of benzene rings is 1. The molecular weight excluding hydrogens is 368 g/mol. The number of aliphatic hydroxyl groups excluding tert-OH is 2. The summed E-state index contributed by atoms with van der Waals surface area (Å²) in [5, 5.41) is 19.3. The van der Waals surface area contributed by atoms with Crippen LogP contribution in [-0.4, -0.2) is 75.0 Å². The maximum atomic E-state index is 13.0. The molecule has 3 rings (SSSR count). The van der Waals surface area contributed by atoms with Gasteiger partial charge in [0.2, 0.25) is 5.91 Å². The third-order valence-corrected chi connectivity index (χ3v) is 6.09. The lowest BCUT2D eigenvalue weighted by molar-refractivity contribution is -0.138. The Morgan fingerprint density at radius 2 is 2.04 bits per heavy atom. The predicted octanol–water partition coefficient (Wildman–Crippen LogP) is 1.43. The summed E-state index contributed by atoms with van der Waals surface area (Å²) in [5.74, 6) is 0.990. The van der Waals surface area contributed by atoms with E-state index in [1.165, 1.54) is 4.90 Å². The average Bonchev–Trinajstić information content (AvgIpc) is 3.36. The number of hydrogen-bond donors (Lipinski definition) is 2. The monoisotopic (exact) mass is 394 g/mol. The maximum absolute atomic E-state index is 13.0. The predicted molar refractivity (Wildman–Crippen MR) is 102 cm³/mol. The Balaban J connectivity index is 1.61. The van der Waals surface area contributed by atoms with Crippen LogP contribution in [0.25, 0.3) is 0 Å². The highest BCUT2D eigenvalue weighted by molar-refractivity contribution is 7.99. The van der Waals surface area contributed by atoms with E-state index in [1.807, 2.05) is 30.3 Å². The molecule has 0 aromatic heterocycles. The number of carbonyl (C=O) groups excluding carboxylic acids is 2. The van der Waals surface area contributed by atoms with Crippen molar-refractivity contribution in [2.45, 2.75) is 44.1 Å². The Morgan fingerprint density at radius 3 is 2.78 bits per heavy atom. The SMILES string of the molecule is O=C(OCc1ccccc1)N1CCCC1C(=O)N1CSCC1C(O)CCO. The van der Waals surface area contributed by atoms with Crippen LogP contribution >= 0.6 is 11.8 Å². The molecule has 0 spiro atoms. The van der Waals surface area contributed by atoms with Crippen molar-refractivity contribution < 1.29 is 24.5 Å². The van der Waals surface area contributed by atoms with Crippen molar-refractivity contribution in [2.75, 3.05) is 24.8 Å². The Bertz CT molecular complexity index is 644. The topological polar surface area (TPSA) is 90.3 Å². The van der Waals surface area contributed by atoms with Gasteiger partial charge in [-0.2, -0.15) is 0 Å². The minimum absolute atomic E-state index is 0.119. The zero-order chi connectivity index (χ0) is 19.2. The molecule has 2 amide bonds. The summed E-state index contributed by atoms with van der Waals surface area (Å²) in [4.78, 5) is 28.7. The molecule has 0 saturated carbocycles. The van der Waals surface area contributed by atoms with Crippen LogP contribution in [0.2, 0.25) is 0 Å². The molecule has 27 heavy (non-hydrogen) atoms. The second kappa shape index (κ2) is 9.43. The molecule has 0 radical (unpaired) electrons. The highest BCUT2D eigenvalue weighted by Gasteiger charge is 2.42. The summed E-state index contributed by atoms with van der Waals surface area (Å²) in [5.41, 5.74) is 0.899. The number of carbonyl (C=O) groups is 2. The van der Waals surface area contributed by atoms with E-state index in [0.717, 1.165) is 12.0 Å². The highest BCUT2D eigenvalue weighted by Crippen LogP contribution is 2.29. The van der Waals surface area contributed by atoms with Gasteiger partial charge < -0.3 is 19.8 Å². The first-order chi connectivity index (χ1) is 13.1. The molecule has 2 heterocycles. The lowest BCUT2D eigenvalue weighted by Crippen LogP contribution is -2.52. The van der Waals surface area contributed by atoms with Crippen LogP contribution in [0.4, 0.5) is 4.79 Å². The molecule has 8 heteroatoms. The first kappa shape index (κ1) is 20.0. The standard InChI is InChI=1S/C19H26N2O5S/c22-10-8-17(23)16-12-27-13-21(16)18(24)15-7-4-9-20(15)19(25)26-11-14-5-2-1-3-6-14/h1-3,5-6,15-17,22-23H,4,7-13H2. The molecule has 0 aliphatic carbocycles. The number of rotatable bonds is 6. The molecule has 2 aliphatic heterocycles. The van der Waals surface area contributed by atoms with Crippen LogP contribution in [0.3, 0.4) is 0 Å². The number of aliphatic hydroxyl groups is 2. The third kappa shape index (κ3) is 4.75. The fraction of sp³-hybridized carbons (Fsp3) is 0.579. The lowest BCUT2D eigenvalue weighted by Gasteiger charge is -2.32. The van der Waals surface area contributed by atoms with Crippen LogP contribution in [0.5, 0.6) is 0 Å².